The Morgan fingerprint density at radius 1 is 1.30 bits per heavy atom. The van der Waals surface area contributed by atoms with Gasteiger partial charge in [0, 0.05) is 19.8 Å². The van der Waals surface area contributed by atoms with E-state index in [-0.39, 0.29) is 5.84 Å². The zero-order chi connectivity index (χ0) is 15.0. The number of aryl methyl sites for hydroxylation is 4. The second-order valence-electron chi connectivity index (χ2n) is 5.17. The van der Waals surface area contributed by atoms with Gasteiger partial charge in [0.25, 0.3) is 0 Å². The summed E-state index contributed by atoms with van der Waals surface area (Å²) >= 11 is 0. The van der Waals surface area contributed by atoms with Gasteiger partial charge in [-0.2, -0.15) is 5.10 Å². The number of nitrogens with zero attached hydrogens (tertiary/aromatic N) is 3. The second kappa shape index (κ2) is 5.00. The molecule has 0 atom stereocenters. The fraction of sp³-hybridized carbons (Fsp3) is 0.333. The number of amidine groups is 1. The molecule has 20 heavy (non-hydrogen) atoms. The third-order valence-electron chi connectivity index (χ3n) is 3.49. The Balaban J connectivity index is 2.59. The average molecular weight is 271 g/mol. The minimum atomic E-state index is 0.0437. The maximum atomic E-state index is 7.77. The first-order valence-electron chi connectivity index (χ1n) is 6.52. The smallest absolute Gasteiger partial charge is 0.142 e. The Bertz CT molecular complexity index is 669. The van der Waals surface area contributed by atoms with Gasteiger partial charge in [0.1, 0.15) is 11.7 Å². The number of aromatic nitrogens is 2. The SMILES string of the molecule is Cc1ccc(N(C)c2c(C(=N)N)c(C)nn2C)c(C)c1. The van der Waals surface area contributed by atoms with E-state index in [0.717, 1.165) is 17.2 Å². The summed E-state index contributed by atoms with van der Waals surface area (Å²) in [5.74, 6) is 0.879. The lowest BCUT2D eigenvalue weighted by Gasteiger charge is -2.23. The summed E-state index contributed by atoms with van der Waals surface area (Å²) in [6.07, 6.45) is 0. The van der Waals surface area contributed by atoms with Crippen molar-refractivity contribution < 1.29 is 0 Å². The normalized spacial score (nSPS) is 10.7. The van der Waals surface area contributed by atoms with Gasteiger partial charge in [0.2, 0.25) is 0 Å². The number of nitrogen functional groups attached to an aromatic ring is 1. The van der Waals surface area contributed by atoms with Crippen molar-refractivity contribution in [1.29, 1.82) is 5.41 Å². The molecule has 0 radical (unpaired) electrons. The van der Waals surface area contributed by atoms with Crippen molar-refractivity contribution in [2.75, 3.05) is 11.9 Å². The Labute approximate surface area is 119 Å². The highest BCUT2D eigenvalue weighted by Crippen LogP contribution is 2.30. The molecule has 1 aromatic carbocycles. The summed E-state index contributed by atoms with van der Waals surface area (Å²) < 4.78 is 1.77. The first-order valence-corrected chi connectivity index (χ1v) is 6.52. The van der Waals surface area contributed by atoms with Crippen LogP contribution in [0.15, 0.2) is 18.2 Å². The van der Waals surface area contributed by atoms with E-state index in [4.69, 9.17) is 11.1 Å². The standard InChI is InChI=1S/C15H21N5/c1-9-6-7-12(10(2)8-9)19(4)15-13(14(16)17)11(3)18-20(15)5/h6-8H,1-5H3,(H3,16,17). The molecule has 5 nitrogen and oxygen atoms in total. The molecule has 0 bridgehead atoms. The van der Waals surface area contributed by atoms with Crippen molar-refractivity contribution in [2.24, 2.45) is 12.8 Å². The number of benzene rings is 1. The van der Waals surface area contributed by atoms with Crippen LogP contribution in [0.5, 0.6) is 0 Å². The zero-order valence-electron chi connectivity index (χ0n) is 12.7. The monoisotopic (exact) mass is 271 g/mol. The molecule has 0 fully saturated rings. The van der Waals surface area contributed by atoms with Crippen LogP contribution in [0.2, 0.25) is 0 Å². The van der Waals surface area contributed by atoms with E-state index < -0.39 is 0 Å². The number of nitrogens with one attached hydrogen (secondary N) is 1. The van der Waals surface area contributed by atoms with Gasteiger partial charge in [-0.3, -0.25) is 10.1 Å². The summed E-state index contributed by atoms with van der Waals surface area (Å²) in [4.78, 5) is 2.03. The average Bonchev–Trinajstić information content (AvgIpc) is 2.63. The van der Waals surface area contributed by atoms with E-state index in [1.165, 1.54) is 11.1 Å². The summed E-state index contributed by atoms with van der Waals surface area (Å²) in [6, 6.07) is 6.30. The fourth-order valence-corrected chi connectivity index (χ4v) is 2.64. The van der Waals surface area contributed by atoms with E-state index in [9.17, 15) is 0 Å². The quantitative estimate of drug-likeness (QED) is 0.665. The van der Waals surface area contributed by atoms with Crippen LogP contribution in [0.4, 0.5) is 11.5 Å². The van der Waals surface area contributed by atoms with Crippen LogP contribution >= 0.6 is 0 Å². The molecule has 0 aliphatic heterocycles. The van der Waals surface area contributed by atoms with E-state index in [2.05, 4.69) is 37.1 Å². The van der Waals surface area contributed by atoms with Gasteiger partial charge in [0.05, 0.1) is 11.3 Å². The molecular formula is C15H21N5. The van der Waals surface area contributed by atoms with Crippen molar-refractivity contribution in [3.8, 4) is 0 Å². The summed E-state index contributed by atoms with van der Waals surface area (Å²) in [5, 5.41) is 12.2. The molecule has 2 aromatic rings. The Morgan fingerprint density at radius 3 is 2.50 bits per heavy atom. The van der Waals surface area contributed by atoms with Gasteiger partial charge in [-0.15, -0.1) is 0 Å². The minimum Gasteiger partial charge on any atom is -0.384 e. The third kappa shape index (κ3) is 2.27. The Morgan fingerprint density at radius 2 is 1.95 bits per heavy atom. The van der Waals surface area contributed by atoms with Gasteiger partial charge in [-0.05, 0) is 32.4 Å². The van der Waals surface area contributed by atoms with Crippen LogP contribution in [0.3, 0.4) is 0 Å². The Kier molecular flexibility index (Phi) is 3.53. The lowest BCUT2D eigenvalue weighted by atomic mass is 10.1. The highest BCUT2D eigenvalue weighted by atomic mass is 15.4. The first-order chi connectivity index (χ1) is 9.32. The summed E-state index contributed by atoms with van der Waals surface area (Å²) in [7, 11) is 3.84. The van der Waals surface area contributed by atoms with E-state index >= 15 is 0 Å². The van der Waals surface area contributed by atoms with Crippen LogP contribution in [-0.2, 0) is 7.05 Å². The molecule has 1 heterocycles. The molecule has 0 saturated carbocycles. The maximum Gasteiger partial charge on any atom is 0.142 e. The topological polar surface area (TPSA) is 70.9 Å². The predicted molar refractivity (Wildman–Crippen MR) is 82.9 cm³/mol. The Hall–Kier alpha value is -2.30. The largest absolute Gasteiger partial charge is 0.384 e. The number of anilines is 2. The van der Waals surface area contributed by atoms with Crippen LogP contribution in [0, 0.1) is 26.2 Å². The number of nitrogens with two attached hydrogens (primary N) is 1. The van der Waals surface area contributed by atoms with Gasteiger partial charge < -0.3 is 10.6 Å². The van der Waals surface area contributed by atoms with Crippen LogP contribution in [-0.4, -0.2) is 22.7 Å². The lowest BCUT2D eigenvalue weighted by molar-refractivity contribution is 0.750. The minimum absolute atomic E-state index is 0.0437. The van der Waals surface area contributed by atoms with Gasteiger partial charge >= 0.3 is 0 Å². The number of hydrogen-bond acceptors (Lipinski definition) is 3. The molecule has 2 rings (SSSR count). The molecule has 106 valence electrons. The van der Waals surface area contributed by atoms with Gasteiger partial charge in [-0.25, -0.2) is 0 Å². The predicted octanol–water partition coefficient (Wildman–Crippen LogP) is 2.40. The second-order valence-corrected chi connectivity index (χ2v) is 5.17. The molecule has 0 unspecified atom stereocenters. The molecule has 3 N–H and O–H groups in total. The van der Waals surface area contributed by atoms with Crippen molar-refractivity contribution in [1.82, 2.24) is 9.78 Å². The molecular weight excluding hydrogens is 250 g/mol. The molecule has 0 aliphatic rings. The van der Waals surface area contributed by atoms with Crippen LogP contribution in [0.1, 0.15) is 22.4 Å². The molecule has 0 aliphatic carbocycles. The van der Waals surface area contributed by atoms with Gasteiger partial charge in [-0.1, -0.05) is 17.7 Å². The van der Waals surface area contributed by atoms with Crippen molar-refractivity contribution in [2.45, 2.75) is 20.8 Å². The van der Waals surface area contributed by atoms with Crippen LogP contribution < -0.4 is 10.6 Å². The van der Waals surface area contributed by atoms with E-state index in [1.807, 2.05) is 25.9 Å². The van der Waals surface area contributed by atoms with Crippen LogP contribution in [0.25, 0.3) is 0 Å². The third-order valence-corrected chi connectivity index (χ3v) is 3.49. The summed E-state index contributed by atoms with van der Waals surface area (Å²) in [5.41, 5.74) is 10.7. The molecule has 0 amide bonds. The van der Waals surface area contributed by atoms with Gasteiger partial charge in [0.15, 0.2) is 0 Å². The highest BCUT2D eigenvalue weighted by Gasteiger charge is 2.20. The van der Waals surface area contributed by atoms with E-state index in [1.54, 1.807) is 4.68 Å². The summed E-state index contributed by atoms with van der Waals surface area (Å²) in [6.45, 7) is 6.03. The molecule has 5 heteroatoms. The highest BCUT2D eigenvalue weighted by molar-refractivity contribution is 6.01. The molecule has 0 saturated heterocycles. The lowest BCUT2D eigenvalue weighted by Crippen LogP contribution is -2.20. The van der Waals surface area contributed by atoms with Crippen molar-refractivity contribution >= 4 is 17.3 Å². The molecule has 1 aromatic heterocycles. The number of hydrogen-bond donors (Lipinski definition) is 2. The fourth-order valence-electron chi connectivity index (χ4n) is 2.64. The van der Waals surface area contributed by atoms with Crippen molar-refractivity contribution in [3.05, 3.63) is 40.6 Å². The van der Waals surface area contributed by atoms with Crippen molar-refractivity contribution in [3.63, 3.8) is 0 Å². The first kappa shape index (κ1) is 14.1. The van der Waals surface area contributed by atoms with E-state index in [0.29, 0.717) is 5.56 Å². The molecule has 0 spiro atoms. The number of rotatable bonds is 3. The maximum absolute atomic E-state index is 7.77. The zero-order valence-corrected chi connectivity index (χ0v) is 12.7.